The van der Waals surface area contributed by atoms with Crippen molar-refractivity contribution in [1.29, 1.82) is 0 Å². The van der Waals surface area contributed by atoms with Crippen molar-refractivity contribution in [2.75, 3.05) is 20.2 Å². The number of ether oxygens (including phenoxy) is 1. The van der Waals surface area contributed by atoms with E-state index in [0.29, 0.717) is 18.1 Å². The molecule has 2 heteroatoms. The monoisotopic (exact) mass is 171 g/mol. The van der Waals surface area contributed by atoms with E-state index in [1.807, 2.05) is 7.11 Å². The molecule has 0 aromatic carbocycles. The Bertz CT molecular complexity index is 136. The average Bonchev–Trinajstić information content (AvgIpc) is 2.04. The third-order valence-electron chi connectivity index (χ3n) is 2.89. The molecular formula is C10H21NO. The zero-order valence-electron chi connectivity index (χ0n) is 8.71. The second kappa shape index (κ2) is 4.24. The summed E-state index contributed by atoms with van der Waals surface area (Å²) in [5, 5.41) is 0. The van der Waals surface area contributed by atoms with E-state index in [2.05, 4.69) is 25.7 Å². The van der Waals surface area contributed by atoms with Gasteiger partial charge in [-0.1, -0.05) is 6.92 Å². The highest BCUT2D eigenvalue weighted by atomic mass is 16.5. The first-order chi connectivity index (χ1) is 5.65. The van der Waals surface area contributed by atoms with Gasteiger partial charge in [-0.15, -0.1) is 0 Å². The zero-order valence-corrected chi connectivity index (χ0v) is 8.71. The molecule has 1 saturated heterocycles. The first-order valence-corrected chi connectivity index (χ1v) is 4.92. The van der Waals surface area contributed by atoms with Gasteiger partial charge in [-0.3, -0.25) is 0 Å². The molecule has 1 heterocycles. The van der Waals surface area contributed by atoms with Crippen LogP contribution in [-0.2, 0) is 4.74 Å². The molecule has 72 valence electrons. The van der Waals surface area contributed by atoms with Gasteiger partial charge in [0.05, 0.1) is 6.10 Å². The minimum Gasteiger partial charge on any atom is -0.381 e. The van der Waals surface area contributed by atoms with Crippen LogP contribution in [0.5, 0.6) is 0 Å². The Morgan fingerprint density at radius 1 is 1.42 bits per heavy atom. The van der Waals surface area contributed by atoms with Gasteiger partial charge in [-0.2, -0.15) is 0 Å². The van der Waals surface area contributed by atoms with Gasteiger partial charge < -0.3 is 9.64 Å². The fourth-order valence-electron chi connectivity index (χ4n) is 1.98. The highest BCUT2D eigenvalue weighted by Crippen LogP contribution is 2.20. The minimum atomic E-state index is 0.486. The lowest BCUT2D eigenvalue weighted by Crippen LogP contribution is -2.45. The molecule has 2 unspecified atom stereocenters. The van der Waals surface area contributed by atoms with Crippen molar-refractivity contribution < 1.29 is 4.74 Å². The van der Waals surface area contributed by atoms with Crippen LogP contribution < -0.4 is 0 Å². The summed E-state index contributed by atoms with van der Waals surface area (Å²) in [5.41, 5.74) is 0. The van der Waals surface area contributed by atoms with Crippen molar-refractivity contribution in [2.45, 2.75) is 39.3 Å². The SMILES string of the molecule is COC1CCN(C(C)C)CC1C. The summed E-state index contributed by atoms with van der Waals surface area (Å²) >= 11 is 0. The average molecular weight is 171 g/mol. The van der Waals surface area contributed by atoms with E-state index in [9.17, 15) is 0 Å². The fourth-order valence-corrected chi connectivity index (χ4v) is 1.98. The van der Waals surface area contributed by atoms with E-state index in [4.69, 9.17) is 4.74 Å². The topological polar surface area (TPSA) is 12.5 Å². The second-order valence-corrected chi connectivity index (χ2v) is 4.13. The van der Waals surface area contributed by atoms with Crippen molar-refractivity contribution in [3.05, 3.63) is 0 Å². The lowest BCUT2D eigenvalue weighted by atomic mass is 9.95. The normalized spacial score (nSPS) is 32.8. The predicted molar refractivity (Wildman–Crippen MR) is 51.3 cm³/mol. The smallest absolute Gasteiger partial charge is 0.0621 e. The lowest BCUT2D eigenvalue weighted by Gasteiger charge is -2.38. The molecule has 0 saturated carbocycles. The number of hydrogen-bond donors (Lipinski definition) is 0. The molecule has 0 aromatic rings. The van der Waals surface area contributed by atoms with Crippen LogP contribution in [0.1, 0.15) is 27.2 Å². The van der Waals surface area contributed by atoms with Crippen molar-refractivity contribution in [3.63, 3.8) is 0 Å². The molecule has 0 aromatic heterocycles. The molecule has 12 heavy (non-hydrogen) atoms. The van der Waals surface area contributed by atoms with Crippen LogP contribution in [0, 0.1) is 5.92 Å². The quantitative estimate of drug-likeness (QED) is 0.627. The summed E-state index contributed by atoms with van der Waals surface area (Å²) in [6.45, 7) is 9.19. The van der Waals surface area contributed by atoms with Gasteiger partial charge >= 0.3 is 0 Å². The molecule has 0 aliphatic carbocycles. The van der Waals surface area contributed by atoms with E-state index in [1.165, 1.54) is 19.5 Å². The van der Waals surface area contributed by atoms with Gasteiger partial charge in [0.25, 0.3) is 0 Å². The van der Waals surface area contributed by atoms with Gasteiger partial charge in [0.2, 0.25) is 0 Å². The summed E-state index contributed by atoms with van der Waals surface area (Å²) in [6, 6.07) is 0.685. The zero-order chi connectivity index (χ0) is 9.14. The Hall–Kier alpha value is -0.0800. The predicted octanol–water partition coefficient (Wildman–Crippen LogP) is 1.75. The number of piperidine rings is 1. The first-order valence-electron chi connectivity index (χ1n) is 4.92. The summed E-state index contributed by atoms with van der Waals surface area (Å²) in [5.74, 6) is 0.686. The standard InChI is InChI=1S/C10H21NO/c1-8(2)11-6-5-10(12-4)9(3)7-11/h8-10H,5-7H2,1-4H3. The van der Waals surface area contributed by atoms with Gasteiger partial charge in [0, 0.05) is 26.2 Å². The van der Waals surface area contributed by atoms with E-state index in [0.717, 1.165) is 0 Å². The van der Waals surface area contributed by atoms with Gasteiger partial charge in [-0.25, -0.2) is 0 Å². The maximum absolute atomic E-state index is 5.40. The van der Waals surface area contributed by atoms with Crippen molar-refractivity contribution >= 4 is 0 Å². The molecule has 1 aliphatic rings. The van der Waals surface area contributed by atoms with Crippen LogP contribution in [0.3, 0.4) is 0 Å². The van der Waals surface area contributed by atoms with E-state index < -0.39 is 0 Å². The fraction of sp³-hybridized carbons (Fsp3) is 1.00. The Labute approximate surface area is 75.9 Å². The Balaban J connectivity index is 2.40. The van der Waals surface area contributed by atoms with E-state index >= 15 is 0 Å². The summed E-state index contributed by atoms with van der Waals surface area (Å²) in [4.78, 5) is 2.53. The lowest BCUT2D eigenvalue weighted by molar-refractivity contribution is -0.00768. The number of nitrogens with zero attached hydrogens (tertiary/aromatic N) is 1. The molecule has 1 rings (SSSR count). The molecule has 2 nitrogen and oxygen atoms in total. The number of rotatable bonds is 2. The Kier molecular flexibility index (Phi) is 3.53. The molecule has 0 bridgehead atoms. The molecule has 0 N–H and O–H groups in total. The third kappa shape index (κ3) is 2.20. The number of hydrogen-bond acceptors (Lipinski definition) is 2. The largest absolute Gasteiger partial charge is 0.381 e. The maximum Gasteiger partial charge on any atom is 0.0621 e. The van der Waals surface area contributed by atoms with Crippen LogP contribution in [0.15, 0.2) is 0 Å². The van der Waals surface area contributed by atoms with Crippen LogP contribution in [-0.4, -0.2) is 37.2 Å². The van der Waals surface area contributed by atoms with Gasteiger partial charge in [0.15, 0.2) is 0 Å². The molecule has 0 spiro atoms. The Morgan fingerprint density at radius 2 is 2.08 bits per heavy atom. The molecule has 0 amide bonds. The third-order valence-corrected chi connectivity index (χ3v) is 2.89. The maximum atomic E-state index is 5.40. The Morgan fingerprint density at radius 3 is 2.50 bits per heavy atom. The highest BCUT2D eigenvalue weighted by Gasteiger charge is 2.26. The van der Waals surface area contributed by atoms with Crippen molar-refractivity contribution in [3.8, 4) is 0 Å². The van der Waals surface area contributed by atoms with Crippen molar-refractivity contribution in [1.82, 2.24) is 4.90 Å². The van der Waals surface area contributed by atoms with E-state index in [1.54, 1.807) is 0 Å². The molecule has 1 fully saturated rings. The summed E-state index contributed by atoms with van der Waals surface area (Å²) < 4.78 is 5.40. The summed E-state index contributed by atoms with van der Waals surface area (Å²) in [6.07, 6.45) is 1.68. The first kappa shape index (κ1) is 10.0. The number of likely N-dealkylation sites (tertiary alicyclic amines) is 1. The van der Waals surface area contributed by atoms with Crippen molar-refractivity contribution in [2.24, 2.45) is 5.92 Å². The second-order valence-electron chi connectivity index (χ2n) is 4.13. The molecule has 0 radical (unpaired) electrons. The van der Waals surface area contributed by atoms with Gasteiger partial charge in [-0.05, 0) is 26.2 Å². The minimum absolute atomic E-state index is 0.486. The van der Waals surface area contributed by atoms with Crippen LogP contribution in [0.4, 0.5) is 0 Å². The van der Waals surface area contributed by atoms with Crippen LogP contribution in [0.2, 0.25) is 0 Å². The molecule has 2 atom stereocenters. The molecular weight excluding hydrogens is 150 g/mol. The number of methoxy groups -OCH3 is 1. The van der Waals surface area contributed by atoms with Crippen LogP contribution in [0.25, 0.3) is 0 Å². The van der Waals surface area contributed by atoms with Gasteiger partial charge in [0.1, 0.15) is 0 Å². The van der Waals surface area contributed by atoms with Crippen LogP contribution >= 0.6 is 0 Å². The molecule has 1 aliphatic heterocycles. The summed E-state index contributed by atoms with van der Waals surface area (Å²) in [7, 11) is 1.83. The highest BCUT2D eigenvalue weighted by molar-refractivity contribution is 4.79. The van der Waals surface area contributed by atoms with E-state index in [-0.39, 0.29) is 0 Å².